The van der Waals surface area contributed by atoms with Gasteiger partial charge in [0.2, 0.25) is 5.91 Å². The van der Waals surface area contributed by atoms with E-state index in [0.29, 0.717) is 25.9 Å². The summed E-state index contributed by atoms with van der Waals surface area (Å²) in [5, 5.41) is 6.08. The van der Waals surface area contributed by atoms with Gasteiger partial charge in [-0.2, -0.15) is 0 Å². The van der Waals surface area contributed by atoms with Gasteiger partial charge in [-0.15, -0.1) is 0 Å². The summed E-state index contributed by atoms with van der Waals surface area (Å²) in [4.78, 5) is 40.0. The smallest absolute Gasteiger partial charge is 0.325 e. The minimum Gasteiger partial charge on any atom is -0.340 e. The standard InChI is InChI=1S/C15H24N4O3/c20-12(18-9-4-7-16-8-10-18)11-19-13(21)15(17-14(19)22)5-2-1-3-6-15/h16H,1-11H2,(H,17,22). The van der Waals surface area contributed by atoms with Crippen LogP contribution in [-0.2, 0) is 9.59 Å². The van der Waals surface area contributed by atoms with Gasteiger partial charge >= 0.3 is 6.03 Å². The SMILES string of the molecule is O=C(CN1C(=O)NC2(CCCCC2)C1=O)N1CCCNCC1. The van der Waals surface area contributed by atoms with Crippen LogP contribution in [0, 0.1) is 0 Å². The van der Waals surface area contributed by atoms with Crippen molar-refractivity contribution < 1.29 is 14.4 Å². The molecule has 0 bridgehead atoms. The van der Waals surface area contributed by atoms with E-state index in [1.165, 1.54) is 0 Å². The largest absolute Gasteiger partial charge is 0.340 e. The quantitative estimate of drug-likeness (QED) is 0.707. The van der Waals surface area contributed by atoms with Crippen molar-refractivity contribution in [3.05, 3.63) is 0 Å². The molecular weight excluding hydrogens is 284 g/mol. The minimum absolute atomic E-state index is 0.133. The van der Waals surface area contributed by atoms with E-state index in [-0.39, 0.29) is 18.4 Å². The van der Waals surface area contributed by atoms with Crippen molar-refractivity contribution in [2.45, 2.75) is 44.1 Å². The summed E-state index contributed by atoms with van der Waals surface area (Å²) < 4.78 is 0. The van der Waals surface area contributed by atoms with E-state index in [1.54, 1.807) is 4.90 Å². The number of carbonyl (C=O) groups is 3. The van der Waals surface area contributed by atoms with Gasteiger partial charge < -0.3 is 15.5 Å². The molecule has 2 heterocycles. The lowest BCUT2D eigenvalue weighted by Gasteiger charge is -2.30. The van der Waals surface area contributed by atoms with E-state index in [1.807, 2.05) is 0 Å². The number of urea groups is 1. The third-order valence-corrected chi connectivity index (χ3v) is 4.94. The third kappa shape index (κ3) is 2.82. The first-order valence-electron chi connectivity index (χ1n) is 8.25. The van der Waals surface area contributed by atoms with E-state index >= 15 is 0 Å². The predicted molar refractivity (Wildman–Crippen MR) is 80.1 cm³/mol. The van der Waals surface area contributed by atoms with Crippen molar-refractivity contribution >= 4 is 17.8 Å². The van der Waals surface area contributed by atoms with Crippen molar-refractivity contribution in [2.24, 2.45) is 0 Å². The molecule has 0 aromatic heterocycles. The van der Waals surface area contributed by atoms with Crippen molar-refractivity contribution in [1.29, 1.82) is 0 Å². The molecule has 2 N–H and O–H groups in total. The Balaban J connectivity index is 1.65. The number of amides is 4. The fourth-order valence-electron chi connectivity index (χ4n) is 3.64. The summed E-state index contributed by atoms with van der Waals surface area (Å²) in [6, 6.07) is -0.409. The second kappa shape index (κ2) is 6.24. The zero-order valence-corrected chi connectivity index (χ0v) is 12.9. The molecule has 1 saturated carbocycles. The molecule has 3 rings (SSSR count). The van der Waals surface area contributed by atoms with Gasteiger partial charge in [-0.05, 0) is 25.8 Å². The first-order valence-corrected chi connectivity index (χ1v) is 8.25. The second-order valence-corrected chi connectivity index (χ2v) is 6.45. The molecule has 7 heteroatoms. The summed E-state index contributed by atoms with van der Waals surface area (Å²) in [5.74, 6) is -0.349. The molecule has 4 amide bonds. The molecule has 0 radical (unpaired) electrons. The molecule has 0 aromatic rings. The predicted octanol–water partition coefficient (Wildman–Crippen LogP) is 0.0630. The molecule has 2 aliphatic heterocycles. The molecule has 3 aliphatic rings. The lowest BCUT2D eigenvalue weighted by atomic mass is 9.82. The number of imide groups is 1. The van der Waals surface area contributed by atoms with Gasteiger partial charge in [-0.25, -0.2) is 4.79 Å². The summed E-state index contributed by atoms with van der Waals surface area (Å²) in [5.41, 5.74) is -0.740. The van der Waals surface area contributed by atoms with E-state index < -0.39 is 11.6 Å². The van der Waals surface area contributed by atoms with Crippen molar-refractivity contribution in [3.8, 4) is 0 Å². The molecule has 22 heavy (non-hydrogen) atoms. The Morgan fingerprint density at radius 1 is 1.05 bits per heavy atom. The maximum Gasteiger partial charge on any atom is 0.325 e. The number of rotatable bonds is 2. The van der Waals surface area contributed by atoms with Crippen molar-refractivity contribution in [3.63, 3.8) is 0 Å². The number of carbonyl (C=O) groups excluding carboxylic acids is 3. The normalized spacial score (nSPS) is 25.3. The topological polar surface area (TPSA) is 81.8 Å². The Morgan fingerprint density at radius 3 is 2.59 bits per heavy atom. The Kier molecular flexibility index (Phi) is 4.33. The molecule has 0 unspecified atom stereocenters. The van der Waals surface area contributed by atoms with Crippen molar-refractivity contribution in [1.82, 2.24) is 20.4 Å². The molecule has 0 aromatic carbocycles. The van der Waals surface area contributed by atoms with Crippen LogP contribution >= 0.6 is 0 Å². The van der Waals surface area contributed by atoms with Crippen LogP contribution in [0.3, 0.4) is 0 Å². The maximum absolute atomic E-state index is 12.6. The van der Waals surface area contributed by atoms with Gasteiger partial charge in [-0.1, -0.05) is 19.3 Å². The molecule has 1 aliphatic carbocycles. The van der Waals surface area contributed by atoms with Gasteiger partial charge in [-0.3, -0.25) is 14.5 Å². The number of nitrogens with one attached hydrogen (secondary N) is 2. The molecular formula is C15H24N4O3. The van der Waals surface area contributed by atoms with E-state index in [0.717, 1.165) is 43.7 Å². The van der Waals surface area contributed by atoms with Crippen LogP contribution in [0.15, 0.2) is 0 Å². The van der Waals surface area contributed by atoms with Crippen LogP contribution in [-0.4, -0.2) is 65.9 Å². The van der Waals surface area contributed by atoms with Gasteiger partial charge in [0.05, 0.1) is 0 Å². The van der Waals surface area contributed by atoms with Crippen LogP contribution in [0.4, 0.5) is 4.79 Å². The molecule has 7 nitrogen and oxygen atoms in total. The van der Waals surface area contributed by atoms with E-state index in [4.69, 9.17) is 0 Å². The van der Waals surface area contributed by atoms with Crippen LogP contribution in [0.5, 0.6) is 0 Å². The maximum atomic E-state index is 12.6. The first-order chi connectivity index (χ1) is 10.6. The highest BCUT2D eigenvalue weighted by Crippen LogP contribution is 2.33. The van der Waals surface area contributed by atoms with Crippen molar-refractivity contribution in [2.75, 3.05) is 32.7 Å². The van der Waals surface area contributed by atoms with Crippen LogP contribution in [0.1, 0.15) is 38.5 Å². The monoisotopic (exact) mass is 308 g/mol. The third-order valence-electron chi connectivity index (χ3n) is 4.94. The number of hydrogen-bond acceptors (Lipinski definition) is 4. The van der Waals surface area contributed by atoms with E-state index in [2.05, 4.69) is 10.6 Å². The fourth-order valence-corrected chi connectivity index (χ4v) is 3.64. The lowest BCUT2D eigenvalue weighted by molar-refractivity contribution is -0.139. The minimum atomic E-state index is -0.740. The summed E-state index contributed by atoms with van der Waals surface area (Å²) in [6.45, 7) is 2.84. The zero-order valence-electron chi connectivity index (χ0n) is 12.9. The number of nitrogens with zero attached hydrogens (tertiary/aromatic N) is 2. The highest BCUT2D eigenvalue weighted by Gasteiger charge is 2.51. The van der Waals surface area contributed by atoms with Gasteiger partial charge in [0.1, 0.15) is 12.1 Å². The first kappa shape index (κ1) is 15.3. The Labute approximate surface area is 130 Å². The van der Waals surface area contributed by atoms with Gasteiger partial charge in [0.25, 0.3) is 5.91 Å². The molecule has 2 saturated heterocycles. The fraction of sp³-hybridized carbons (Fsp3) is 0.800. The summed E-state index contributed by atoms with van der Waals surface area (Å²) in [7, 11) is 0. The number of hydrogen-bond donors (Lipinski definition) is 2. The van der Waals surface area contributed by atoms with Crippen LogP contribution in [0.25, 0.3) is 0 Å². The van der Waals surface area contributed by atoms with Gasteiger partial charge in [0.15, 0.2) is 0 Å². The van der Waals surface area contributed by atoms with Gasteiger partial charge in [0, 0.05) is 19.6 Å². The Hall–Kier alpha value is -1.63. The second-order valence-electron chi connectivity index (χ2n) is 6.45. The highest BCUT2D eigenvalue weighted by molar-refractivity contribution is 6.09. The van der Waals surface area contributed by atoms with Crippen LogP contribution in [0.2, 0.25) is 0 Å². The average Bonchev–Trinajstić information content (AvgIpc) is 2.74. The molecule has 122 valence electrons. The average molecular weight is 308 g/mol. The summed E-state index contributed by atoms with van der Waals surface area (Å²) in [6.07, 6.45) is 5.28. The van der Waals surface area contributed by atoms with E-state index in [9.17, 15) is 14.4 Å². The highest BCUT2D eigenvalue weighted by atomic mass is 16.2. The molecule has 1 spiro atoms. The Bertz CT molecular complexity index is 465. The van der Waals surface area contributed by atoms with Crippen LogP contribution < -0.4 is 10.6 Å². The molecule has 3 fully saturated rings. The molecule has 0 atom stereocenters. The lowest BCUT2D eigenvalue weighted by Crippen LogP contribution is -2.49. The zero-order chi connectivity index (χ0) is 15.6. The Morgan fingerprint density at radius 2 is 1.82 bits per heavy atom. The summed E-state index contributed by atoms with van der Waals surface area (Å²) >= 11 is 0.